The molecule has 0 aromatic carbocycles. The average molecular weight is 252 g/mol. The Labute approximate surface area is 109 Å². The zero-order valence-corrected chi connectivity index (χ0v) is 11.6. The second-order valence-corrected chi connectivity index (χ2v) is 4.79. The summed E-state index contributed by atoms with van der Waals surface area (Å²) in [6.45, 7) is 10.6. The van der Waals surface area contributed by atoms with Gasteiger partial charge in [-0.1, -0.05) is 0 Å². The van der Waals surface area contributed by atoms with Gasteiger partial charge in [0.2, 0.25) is 0 Å². The van der Waals surface area contributed by atoms with Crippen molar-refractivity contribution in [3.05, 3.63) is 12.4 Å². The van der Waals surface area contributed by atoms with E-state index in [1.165, 1.54) is 0 Å². The second-order valence-electron chi connectivity index (χ2n) is 4.79. The van der Waals surface area contributed by atoms with Crippen LogP contribution >= 0.6 is 0 Å². The third kappa shape index (κ3) is 4.46. The van der Waals surface area contributed by atoms with Crippen molar-refractivity contribution < 1.29 is 0 Å². The third-order valence-corrected chi connectivity index (χ3v) is 2.79. The molecule has 0 amide bonds. The molecule has 0 atom stereocenters. The molecule has 1 aromatic rings. The average Bonchev–Trinajstić information content (AvgIpc) is 2.34. The Kier molecular flexibility index (Phi) is 5.80. The molecule has 0 fully saturated rings. The van der Waals surface area contributed by atoms with E-state index in [1.807, 2.05) is 0 Å². The molecule has 0 saturated heterocycles. The van der Waals surface area contributed by atoms with E-state index >= 15 is 0 Å². The molecule has 6 heteroatoms. The molecule has 0 aliphatic heterocycles. The van der Waals surface area contributed by atoms with Crippen molar-refractivity contribution in [2.24, 2.45) is 5.84 Å². The van der Waals surface area contributed by atoms with Crippen LogP contribution < -0.4 is 16.6 Å². The second kappa shape index (κ2) is 7.13. The van der Waals surface area contributed by atoms with Crippen LogP contribution in [0.3, 0.4) is 0 Å². The van der Waals surface area contributed by atoms with Gasteiger partial charge in [0.15, 0.2) is 5.82 Å². The lowest BCUT2D eigenvalue weighted by atomic mass is 10.2. The number of hydrogen-bond acceptors (Lipinski definition) is 6. The molecule has 1 aromatic heterocycles. The van der Waals surface area contributed by atoms with E-state index in [2.05, 4.69) is 53.3 Å². The smallest absolute Gasteiger partial charge is 0.160 e. The Morgan fingerprint density at radius 3 is 2.33 bits per heavy atom. The molecule has 0 radical (unpaired) electrons. The lowest BCUT2D eigenvalue weighted by molar-refractivity contribution is 0.182. The summed E-state index contributed by atoms with van der Waals surface area (Å²) in [6, 6.07) is 1.07. The van der Waals surface area contributed by atoms with Crippen molar-refractivity contribution in [3.63, 3.8) is 0 Å². The molecule has 6 nitrogen and oxygen atoms in total. The monoisotopic (exact) mass is 252 g/mol. The largest absolute Gasteiger partial charge is 0.367 e. The fourth-order valence-corrected chi connectivity index (χ4v) is 1.95. The Morgan fingerprint density at radius 1 is 1.17 bits per heavy atom. The summed E-state index contributed by atoms with van der Waals surface area (Å²) in [5.74, 6) is 6.58. The summed E-state index contributed by atoms with van der Waals surface area (Å²) in [4.78, 5) is 10.7. The van der Waals surface area contributed by atoms with Crippen LogP contribution in [-0.4, -0.2) is 40.0 Å². The fraction of sp³-hybridized carbons (Fsp3) is 0.667. The van der Waals surface area contributed by atoms with Gasteiger partial charge >= 0.3 is 0 Å². The summed E-state index contributed by atoms with van der Waals surface area (Å²) >= 11 is 0. The highest BCUT2D eigenvalue weighted by atomic mass is 15.3. The molecular weight excluding hydrogens is 228 g/mol. The number of nitrogens with zero attached hydrogens (tertiary/aromatic N) is 3. The van der Waals surface area contributed by atoms with Crippen LogP contribution in [0.15, 0.2) is 12.4 Å². The Morgan fingerprint density at radius 2 is 1.78 bits per heavy atom. The summed E-state index contributed by atoms with van der Waals surface area (Å²) in [5.41, 5.74) is 2.48. The maximum atomic E-state index is 5.29. The molecule has 0 unspecified atom stereocenters. The van der Waals surface area contributed by atoms with Crippen LogP contribution in [-0.2, 0) is 0 Å². The van der Waals surface area contributed by atoms with Crippen LogP contribution in [0.2, 0.25) is 0 Å². The first-order valence-electron chi connectivity index (χ1n) is 6.33. The van der Waals surface area contributed by atoms with E-state index in [0.717, 1.165) is 18.9 Å². The van der Waals surface area contributed by atoms with Crippen molar-refractivity contribution in [3.8, 4) is 0 Å². The molecule has 0 aliphatic rings. The molecule has 0 bridgehead atoms. The van der Waals surface area contributed by atoms with Crippen LogP contribution in [0.1, 0.15) is 27.7 Å². The normalized spacial score (nSPS) is 11.3. The molecule has 0 spiro atoms. The number of nitrogen functional groups attached to an aromatic ring is 1. The van der Waals surface area contributed by atoms with Crippen molar-refractivity contribution in [2.45, 2.75) is 39.8 Å². The van der Waals surface area contributed by atoms with Gasteiger partial charge in [-0.05, 0) is 27.7 Å². The van der Waals surface area contributed by atoms with Crippen molar-refractivity contribution in [1.29, 1.82) is 0 Å². The van der Waals surface area contributed by atoms with E-state index < -0.39 is 0 Å². The minimum absolute atomic E-state index is 0.537. The van der Waals surface area contributed by atoms with E-state index in [9.17, 15) is 0 Å². The SMILES string of the molecule is CC(C)N(CCNc1cncc(NN)n1)C(C)C. The summed E-state index contributed by atoms with van der Waals surface area (Å²) < 4.78 is 0. The van der Waals surface area contributed by atoms with Gasteiger partial charge < -0.3 is 10.7 Å². The van der Waals surface area contributed by atoms with Crippen molar-refractivity contribution in [1.82, 2.24) is 14.9 Å². The molecule has 18 heavy (non-hydrogen) atoms. The number of hydrogen-bond donors (Lipinski definition) is 3. The van der Waals surface area contributed by atoms with Gasteiger partial charge in [0.05, 0.1) is 12.4 Å². The fourth-order valence-electron chi connectivity index (χ4n) is 1.95. The van der Waals surface area contributed by atoms with Gasteiger partial charge in [0.25, 0.3) is 0 Å². The first-order valence-corrected chi connectivity index (χ1v) is 6.33. The topological polar surface area (TPSA) is 79.1 Å². The van der Waals surface area contributed by atoms with Gasteiger partial charge in [-0.25, -0.2) is 10.8 Å². The summed E-state index contributed by atoms with van der Waals surface area (Å²) in [7, 11) is 0. The maximum Gasteiger partial charge on any atom is 0.160 e. The Hall–Kier alpha value is -1.40. The zero-order chi connectivity index (χ0) is 13.5. The Balaban J connectivity index is 2.44. The number of nitrogens with one attached hydrogen (secondary N) is 2. The highest BCUT2D eigenvalue weighted by Crippen LogP contribution is 2.07. The number of aromatic nitrogens is 2. The molecular formula is C12H24N6. The van der Waals surface area contributed by atoms with Gasteiger partial charge in [-0.3, -0.25) is 9.88 Å². The van der Waals surface area contributed by atoms with Crippen LogP contribution in [0.4, 0.5) is 11.6 Å². The first-order chi connectivity index (χ1) is 8.54. The van der Waals surface area contributed by atoms with Crippen molar-refractivity contribution in [2.75, 3.05) is 23.8 Å². The van der Waals surface area contributed by atoms with Crippen LogP contribution in [0.5, 0.6) is 0 Å². The molecule has 1 rings (SSSR count). The van der Waals surface area contributed by atoms with E-state index in [0.29, 0.717) is 17.9 Å². The van der Waals surface area contributed by atoms with Gasteiger partial charge in [-0.2, -0.15) is 0 Å². The summed E-state index contributed by atoms with van der Waals surface area (Å²) in [6.07, 6.45) is 3.27. The van der Waals surface area contributed by atoms with Crippen LogP contribution in [0, 0.1) is 0 Å². The summed E-state index contributed by atoms with van der Waals surface area (Å²) in [5, 5.41) is 3.25. The Bertz CT molecular complexity index is 344. The lowest BCUT2D eigenvalue weighted by Crippen LogP contribution is -2.40. The van der Waals surface area contributed by atoms with Gasteiger partial charge in [0, 0.05) is 25.2 Å². The minimum Gasteiger partial charge on any atom is -0.367 e. The first kappa shape index (κ1) is 14.7. The third-order valence-electron chi connectivity index (χ3n) is 2.79. The number of rotatable bonds is 7. The van der Waals surface area contributed by atoms with Gasteiger partial charge in [0.1, 0.15) is 5.82 Å². The van der Waals surface area contributed by atoms with E-state index in [4.69, 9.17) is 5.84 Å². The molecule has 4 N–H and O–H groups in total. The molecule has 102 valence electrons. The number of hydrazine groups is 1. The molecule has 1 heterocycles. The lowest BCUT2D eigenvalue weighted by Gasteiger charge is -2.30. The zero-order valence-electron chi connectivity index (χ0n) is 11.6. The standard InChI is InChI=1S/C12H24N6/c1-9(2)18(10(3)4)6-5-15-11-7-14-8-12(16-11)17-13/h7-10H,5-6,13H2,1-4H3,(H2,15,16,17). The highest BCUT2D eigenvalue weighted by molar-refractivity contribution is 5.40. The number of anilines is 2. The predicted molar refractivity (Wildman–Crippen MR) is 75.3 cm³/mol. The molecule has 0 aliphatic carbocycles. The van der Waals surface area contributed by atoms with E-state index in [1.54, 1.807) is 12.4 Å². The van der Waals surface area contributed by atoms with E-state index in [-0.39, 0.29) is 0 Å². The van der Waals surface area contributed by atoms with Crippen LogP contribution in [0.25, 0.3) is 0 Å². The maximum absolute atomic E-state index is 5.29. The predicted octanol–water partition coefficient (Wildman–Crippen LogP) is 1.29. The van der Waals surface area contributed by atoms with Gasteiger partial charge in [-0.15, -0.1) is 0 Å². The minimum atomic E-state index is 0.537. The highest BCUT2D eigenvalue weighted by Gasteiger charge is 2.12. The number of nitrogens with two attached hydrogens (primary N) is 1. The quantitative estimate of drug-likeness (QED) is 0.501. The molecule has 0 saturated carbocycles. The van der Waals surface area contributed by atoms with Crippen molar-refractivity contribution >= 4 is 11.6 Å².